The first-order valence-electron chi connectivity index (χ1n) is 6.54. The van der Waals surface area contributed by atoms with Crippen LogP contribution in [0.4, 0.5) is 0 Å². The van der Waals surface area contributed by atoms with E-state index in [-0.39, 0.29) is 0 Å². The van der Waals surface area contributed by atoms with Gasteiger partial charge in [0.15, 0.2) is 0 Å². The van der Waals surface area contributed by atoms with E-state index in [1.54, 1.807) is 0 Å². The normalized spacial score (nSPS) is 48.2. The van der Waals surface area contributed by atoms with Crippen molar-refractivity contribution >= 4 is 5.91 Å². The lowest BCUT2D eigenvalue weighted by Crippen LogP contribution is -2.70. The Morgan fingerprint density at radius 3 is 2.50 bits per heavy atom. The van der Waals surface area contributed by atoms with Gasteiger partial charge in [0, 0.05) is 31.1 Å². The van der Waals surface area contributed by atoms with Crippen LogP contribution in [0, 0.1) is 17.8 Å². The first-order chi connectivity index (χ1) is 7.83. The van der Waals surface area contributed by atoms with Crippen LogP contribution in [0.3, 0.4) is 0 Å². The SMILES string of the molecule is O=C(C1CC2C=CC1C2)N1C2CNCC1C2. The number of piperidine rings is 1. The molecule has 0 radical (unpaired) electrons. The Hall–Kier alpha value is -0.830. The highest BCUT2D eigenvalue weighted by Gasteiger charge is 2.49. The summed E-state index contributed by atoms with van der Waals surface area (Å²) in [5.41, 5.74) is 0. The van der Waals surface area contributed by atoms with Crippen LogP contribution in [-0.2, 0) is 4.79 Å². The van der Waals surface area contributed by atoms with Crippen molar-refractivity contribution < 1.29 is 4.79 Å². The molecule has 1 amide bonds. The van der Waals surface area contributed by atoms with Crippen LogP contribution in [0.2, 0.25) is 0 Å². The second kappa shape index (κ2) is 3.10. The van der Waals surface area contributed by atoms with Crippen molar-refractivity contribution in [1.29, 1.82) is 0 Å². The van der Waals surface area contributed by atoms with E-state index in [1.165, 1.54) is 12.8 Å². The van der Waals surface area contributed by atoms with Crippen LogP contribution in [0.1, 0.15) is 19.3 Å². The molecule has 3 fully saturated rings. The lowest BCUT2D eigenvalue weighted by atomic mass is 9.84. The number of fused-ring (bicyclic) bond motifs is 4. The molecule has 4 bridgehead atoms. The molecular formula is C13H18N2O. The minimum Gasteiger partial charge on any atom is -0.334 e. The largest absolute Gasteiger partial charge is 0.334 e. The molecule has 3 nitrogen and oxygen atoms in total. The van der Waals surface area contributed by atoms with Crippen LogP contribution >= 0.6 is 0 Å². The van der Waals surface area contributed by atoms with E-state index >= 15 is 0 Å². The van der Waals surface area contributed by atoms with Gasteiger partial charge in [0.1, 0.15) is 0 Å². The van der Waals surface area contributed by atoms with Crippen molar-refractivity contribution in [3.8, 4) is 0 Å². The molecule has 0 aromatic heterocycles. The van der Waals surface area contributed by atoms with Crippen LogP contribution in [-0.4, -0.2) is 36.0 Å². The van der Waals surface area contributed by atoms with E-state index in [0.29, 0.717) is 35.7 Å². The molecule has 1 saturated carbocycles. The maximum atomic E-state index is 12.5. The number of allylic oxidation sites excluding steroid dienone is 2. The molecule has 4 aliphatic rings. The van der Waals surface area contributed by atoms with E-state index in [4.69, 9.17) is 0 Å². The first kappa shape index (κ1) is 9.23. The first-order valence-corrected chi connectivity index (χ1v) is 6.54. The Bertz CT molecular complexity index is 351. The molecule has 0 spiro atoms. The summed E-state index contributed by atoms with van der Waals surface area (Å²) in [6, 6.07) is 1.02. The Labute approximate surface area is 95.9 Å². The molecule has 86 valence electrons. The maximum Gasteiger partial charge on any atom is 0.226 e. The summed E-state index contributed by atoms with van der Waals surface area (Å²) >= 11 is 0. The van der Waals surface area contributed by atoms with E-state index in [2.05, 4.69) is 22.4 Å². The minimum absolute atomic E-state index is 0.318. The number of piperazine rings is 1. The third-order valence-electron chi connectivity index (χ3n) is 4.94. The lowest BCUT2D eigenvalue weighted by molar-refractivity contribution is -0.152. The number of hydrogen-bond donors (Lipinski definition) is 1. The van der Waals surface area contributed by atoms with Crippen LogP contribution < -0.4 is 5.32 Å². The fourth-order valence-corrected chi connectivity index (χ4v) is 4.10. The quantitative estimate of drug-likeness (QED) is 0.659. The number of nitrogens with zero attached hydrogens (tertiary/aromatic N) is 1. The third-order valence-corrected chi connectivity index (χ3v) is 4.94. The second-order valence-electron chi connectivity index (χ2n) is 5.83. The predicted molar refractivity (Wildman–Crippen MR) is 60.8 cm³/mol. The monoisotopic (exact) mass is 218 g/mol. The zero-order chi connectivity index (χ0) is 10.7. The van der Waals surface area contributed by atoms with Gasteiger partial charge in [-0.1, -0.05) is 12.2 Å². The molecule has 2 aliphatic carbocycles. The molecule has 1 N–H and O–H groups in total. The summed E-state index contributed by atoms with van der Waals surface area (Å²) in [5.74, 6) is 2.04. The molecule has 0 aromatic carbocycles. The van der Waals surface area contributed by atoms with Gasteiger partial charge in [-0.3, -0.25) is 4.79 Å². The Balaban J connectivity index is 1.52. The number of carbonyl (C=O) groups is 1. The fourth-order valence-electron chi connectivity index (χ4n) is 4.10. The number of rotatable bonds is 1. The van der Waals surface area contributed by atoms with Gasteiger partial charge in [-0.2, -0.15) is 0 Å². The highest BCUT2D eigenvalue weighted by molar-refractivity contribution is 5.82. The number of amides is 1. The van der Waals surface area contributed by atoms with Gasteiger partial charge in [0.05, 0.1) is 0 Å². The molecule has 0 aromatic rings. The van der Waals surface area contributed by atoms with Crippen molar-refractivity contribution in [2.75, 3.05) is 13.1 Å². The molecular weight excluding hydrogens is 200 g/mol. The van der Waals surface area contributed by atoms with Crippen LogP contribution in [0.5, 0.6) is 0 Å². The van der Waals surface area contributed by atoms with E-state index < -0.39 is 0 Å². The third kappa shape index (κ3) is 1.10. The summed E-state index contributed by atoms with van der Waals surface area (Å²) in [5, 5.41) is 3.39. The number of nitrogens with one attached hydrogen (secondary N) is 1. The summed E-state index contributed by atoms with van der Waals surface area (Å²) in [7, 11) is 0. The second-order valence-corrected chi connectivity index (χ2v) is 5.83. The molecule has 4 rings (SSSR count). The molecule has 2 aliphatic heterocycles. The molecule has 2 saturated heterocycles. The number of carbonyl (C=O) groups excluding carboxylic acids is 1. The smallest absolute Gasteiger partial charge is 0.226 e. The van der Waals surface area contributed by atoms with Crippen molar-refractivity contribution in [1.82, 2.24) is 10.2 Å². The zero-order valence-electron chi connectivity index (χ0n) is 9.43. The average Bonchev–Trinajstić information content (AvgIpc) is 2.91. The fraction of sp³-hybridized carbons (Fsp3) is 0.769. The standard InChI is InChI=1S/C13H18N2O/c16-13(12-4-8-1-2-9(12)3-8)15-10-5-11(15)7-14-6-10/h1-2,8-12,14H,3-7H2. The van der Waals surface area contributed by atoms with Gasteiger partial charge in [-0.15, -0.1) is 0 Å². The predicted octanol–water partition coefficient (Wildman–Crippen LogP) is 0.771. The average molecular weight is 218 g/mol. The van der Waals surface area contributed by atoms with Crippen LogP contribution in [0.15, 0.2) is 12.2 Å². The molecule has 2 heterocycles. The summed E-state index contributed by atoms with van der Waals surface area (Å²) in [6.45, 7) is 2.03. The lowest BCUT2D eigenvalue weighted by Gasteiger charge is -2.54. The Morgan fingerprint density at radius 1 is 1.12 bits per heavy atom. The van der Waals surface area contributed by atoms with Gasteiger partial charge in [0.25, 0.3) is 0 Å². The Kier molecular flexibility index (Phi) is 1.79. The van der Waals surface area contributed by atoms with Gasteiger partial charge in [-0.25, -0.2) is 0 Å². The van der Waals surface area contributed by atoms with Gasteiger partial charge >= 0.3 is 0 Å². The van der Waals surface area contributed by atoms with Gasteiger partial charge in [-0.05, 0) is 31.1 Å². The topological polar surface area (TPSA) is 32.3 Å². The van der Waals surface area contributed by atoms with Crippen LogP contribution in [0.25, 0.3) is 0 Å². The van der Waals surface area contributed by atoms with Gasteiger partial charge < -0.3 is 10.2 Å². The molecule has 16 heavy (non-hydrogen) atoms. The van der Waals surface area contributed by atoms with E-state index in [0.717, 1.165) is 19.5 Å². The van der Waals surface area contributed by atoms with E-state index in [9.17, 15) is 4.79 Å². The van der Waals surface area contributed by atoms with Gasteiger partial charge in [0.2, 0.25) is 5.91 Å². The molecule has 5 atom stereocenters. The zero-order valence-corrected chi connectivity index (χ0v) is 9.43. The number of hydrogen-bond acceptors (Lipinski definition) is 2. The highest BCUT2D eigenvalue weighted by atomic mass is 16.2. The Morgan fingerprint density at radius 2 is 1.94 bits per heavy atom. The summed E-state index contributed by atoms with van der Waals surface area (Å²) in [6.07, 6.45) is 8.17. The minimum atomic E-state index is 0.318. The maximum absolute atomic E-state index is 12.5. The highest BCUT2D eigenvalue weighted by Crippen LogP contribution is 2.45. The molecule has 3 heteroatoms. The van der Waals surface area contributed by atoms with Crippen molar-refractivity contribution in [2.45, 2.75) is 31.3 Å². The van der Waals surface area contributed by atoms with Crippen molar-refractivity contribution in [3.63, 3.8) is 0 Å². The van der Waals surface area contributed by atoms with E-state index in [1.807, 2.05) is 0 Å². The molecule has 5 unspecified atom stereocenters. The summed E-state index contributed by atoms with van der Waals surface area (Å²) in [4.78, 5) is 14.7. The van der Waals surface area contributed by atoms with Crippen molar-refractivity contribution in [3.05, 3.63) is 12.2 Å². The summed E-state index contributed by atoms with van der Waals surface area (Å²) < 4.78 is 0. The van der Waals surface area contributed by atoms with Crippen molar-refractivity contribution in [2.24, 2.45) is 17.8 Å².